The van der Waals surface area contributed by atoms with Crippen molar-refractivity contribution in [1.29, 1.82) is 0 Å². The topological polar surface area (TPSA) is 57.7 Å². The second-order valence-electron chi connectivity index (χ2n) is 8.11. The molecule has 0 aromatic heterocycles. The van der Waals surface area contributed by atoms with E-state index in [2.05, 4.69) is 0 Å². The summed E-state index contributed by atoms with van der Waals surface area (Å²) in [5, 5.41) is 0. The Morgan fingerprint density at radius 2 is 1.55 bits per heavy atom. The minimum atomic E-state index is -3.54. The van der Waals surface area contributed by atoms with Crippen molar-refractivity contribution >= 4 is 21.6 Å². The number of carbonyl (C=O) groups is 1. The normalized spacial score (nSPS) is 16.0. The fraction of sp³-hybridized carbons (Fsp3) is 0.435. The standard InChI is InChI=1S/C23H30N2O3S/c1-16-6-7-18(3)22(14-16)29(27,28)25-12-10-20(11-13-25)23(26)24(5)21-9-8-17(2)19(4)15-21/h6-9,14-15,20H,10-13H2,1-5H3. The second kappa shape index (κ2) is 8.28. The molecule has 0 radical (unpaired) electrons. The Morgan fingerprint density at radius 1 is 0.931 bits per heavy atom. The van der Waals surface area contributed by atoms with Gasteiger partial charge in [-0.3, -0.25) is 4.79 Å². The molecule has 1 aliphatic rings. The van der Waals surface area contributed by atoms with Crippen molar-refractivity contribution in [2.45, 2.75) is 45.4 Å². The van der Waals surface area contributed by atoms with Crippen LogP contribution in [-0.2, 0) is 14.8 Å². The smallest absolute Gasteiger partial charge is 0.243 e. The van der Waals surface area contributed by atoms with E-state index in [0.717, 1.165) is 22.4 Å². The summed E-state index contributed by atoms with van der Waals surface area (Å²) >= 11 is 0. The summed E-state index contributed by atoms with van der Waals surface area (Å²) in [5.74, 6) is -0.108. The summed E-state index contributed by atoms with van der Waals surface area (Å²) in [6.45, 7) is 8.54. The summed E-state index contributed by atoms with van der Waals surface area (Å²) in [5.41, 5.74) is 4.90. The van der Waals surface area contributed by atoms with Gasteiger partial charge in [0.2, 0.25) is 15.9 Å². The maximum absolute atomic E-state index is 13.1. The summed E-state index contributed by atoms with van der Waals surface area (Å²) in [7, 11) is -1.74. The van der Waals surface area contributed by atoms with Crippen LogP contribution in [0.25, 0.3) is 0 Å². The molecular weight excluding hydrogens is 384 g/mol. The molecule has 1 saturated heterocycles. The van der Waals surface area contributed by atoms with Crippen molar-refractivity contribution in [2.24, 2.45) is 5.92 Å². The molecular formula is C23H30N2O3S. The molecule has 1 aliphatic heterocycles. The van der Waals surface area contributed by atoms with Crippen LogP contribution in [0.3, 0.4) is 0 Å². The number of anilines is 1. The van der Waals surface area contributed by atoms with Crippen molar-refractivity contribution in [3.05, 3.63) is 58.7 Å². The monoisotopic (exact) mass is 414 g/mol. The Balaban J connectivity index is 1.70. The van der Waals surface area contributed by atoms with Crippen LogP contribution in [0.1, 0.15) is 35.1 Å². The molecule has 3 rings (SSSR count). The number of nitrogens with zero attached hydrogens (tertiary/aromatic N) is 2. The summed E-state index contributed by atoms with van der Waals surface area (Å²) in [6, 6.07) is 11.5. The van der Waals surface area contributed by atoms with E-state index in [1.807, 2.05) is 58.0 Å². The SMILES string of the molecule is Cc1ccc(C)c(S(=O)(=O)N2CCC(C(=O)N(C)c3ccc(C)c(C)c3)CC2)c1. The first kappa shape index (κ1) is 21.5. The lowest BCUT2D eigenvalue weighted by Crippen LogP contribution is -2.43. The Bertz CT molecular complexity index is 1020. The van der Waals surface area contributed by atoms with Gasteiger partial charge in [-0.25, -0.2) is 8.42 Å². The van der Waals surface area contributed by atoms with Gasteiger partial charge in [0.15, 0.2) is 0 Å². The van der Waals surface area contributed by atoms with Gasteiger partial charge in [0, 0.05) is 31.7 Å². The molecule has 0 aliphatic carbocycles. The molecule has 6 heteroatoms. The molecule has 0 saturated carbocycles. The Kier molecular flexibility index (Phi) is 6.15. The van der Waals surface area contributed by atoms with Gasteiger partial charge < -0.3 is 4.90 Å². The molecule has 1 fully saturated rings. The molecule has 1 amide bonds. The third-order valence-corrected chi connectivity index (χ3v) is 8.01. The van der Waals surface area contributed by atoms with Crippen molar-refractivity contribution in [3.8, 4) is 0 Å². The molecule has 29 heavy (non-hydrogen) atoms. The molecule has 5 nitrogen and oxygen atoms in total. The van der Waals surface area contributed by atoms with Crippen LogP contribution in [0.5, 0.6) is 0 Å². The lowest BCUT2D eigenvalue weighted by molar-refractivity contribution is -0.123. The van der Waals surface area contributed by atoms with Crippen LogP contribution in [0.4, 0.5) is 5.69 Å². The van der Waals surface area contributed by atoms with Crippen LogP contribution in [0, 0.1) is 33.6 Å². The van der Waals surface area contributed by atoms with E-state index < -0.39 is 10.0 Å². The predicted molar refractivity (Wildman–Crippen MR) is 117 cm³/mol. The molecule has 0 spiro atoms. The highest BCUT2D eigenvalue weighted by Gasteiger charge is 2.34. The third kappa shape index (κ3) is 4.38. The number of rotatable bonds is 4. The third-order valence-electron chi connectivity index (χ3n) is 5.97. The number of hydrogen-bond donors (Lipinski definition) is 0. The Morgan fingerprint density at radius 3 is 2.17 bits per heavy atom. The van der Waals surface area contributed by atoms with Crippen LogP contribution >= 0.6 is 0 Å². The number of benzene rings is 2. The summed E-state index contributed by atoms with van der Waals surface area (Å²) < 4.78 is 27.7. The van der Waals surface area contributed by atoms with Crippen molar-refractivity contribution in [2.75, 3.05) is 25.0 Å². The van der Waals surface area contributed by atoms with Gasteiger partial charge in [-0.2, -0.15) is 4.31 Å². The Labute approximate surface area is 174 Å². The van der Waals surface area contributed by atoms with E-state index in [9.17, 15) is 13.2 Å². The molecule has 156 valence electrons. The largest absolute Gasteiger partial charge is 0.315 e. The van der Waals surface area contributed by atoms with E-state index in [1.54, 1.807) is 18.0 Å². The van der Waals surface area contributed by atoms with Gasteiger partial charge in [0.05, 0.1) is 4.90 Å². The zero-order valence-electron chi connectivity index (χ0n) is 17.9. The second-order valence-corrected chi connectivity index (χ2v) is 10.0. The first-order valence-corrected chi connectivity index (χ1v) is 11.5. The van der Waals surface area contributed by atoms with Gasteiger partial charge in [-0.1, -0.05) is 18.2 Å². The maximum Gasteiger partial charge on any atom is 0.243 e. The highest BCUT2D eigenvalue weighted by atomic mass is 32.2. The fourth-order valence-corrected chi connectivity index (χ4v) is 5.58. The molecule has 1 heterocycles. The predicted octanol–water partition coefficient (Wildman–Crippen LogP) is 3.98. The number of amides is 1. The van der Waals surface area contributed by atoms with Crippen LogP contribution in [-0.4, -0.2) is 38.8 Å². The van der Waals surface area contributed by atoms with Gasteiger partial charge in [0.25, 0.3) is 0 Å². The van der Waals surface area contributed by atoms with Crippen LogP contribution in [0.2, 0.25) is 0 Å². The van der Waals surface area contributed by atoms with E-state index in [0.29, 0.717) is 30.8 Å². The summed E-state index contributed by atoms with van der Waals surface area (Å²) in [6.07, 6.45) is 1.08. The highest BCUT2D eigenvalue weighted by molar-refractivity contribution is 7.89. The van der Waals surface area contributed by atoms with E-state index >= 15 is 0 Å². The van der Waals surface area contributed by atoms with Crippen molar-refractivity contribution in [1.82, 2.24) is 4.31 Å². The van der Waals surface area contributed by atoms with Crippen LogP contribution < -0.4 is 4.90 Å². The number of carbonyl (C=O) groups excluding carboxylic acids is 1. The van der Waals surface area contributed by atoms with E-state index in [4.69, 9.17) is 0 Å². The van der Waals surface area contributed by atoms with Crippen LogP contribution in [0.15, 0.2) is 41.3 Å². The van der Waals surface area contributed by atoms with Gasteiger partial charge in [0.1, 0.15) is 0 Å². The highest BCUT2D eigenvalue weighted by Crippen LogP contribution is 2.28. The number of aryl methyl sites for hydroxylation is 4. The van der Waals surface area contributed by atoms with Gasteiger partial charge in [-0.15, -0.1) is 0 Å². The molecule has 0 atom stereocenters. The minimum absolute atomic E-state index is 0.0528. The number of piperidine rings is 1. The number of sulfonamides is 1. The first-order chi connectivity index (χ1) is 13.6. The van der Waals surface area contributed by atoms with Gasteiger partial charge in [-0.05, 0) is 81.0 Å². The lowest BCUT2D eigenvalue weighted by Gasteiger charge is -2.33. The first-order valence-electron chi connectivity index (χ1n) is 10.0. The van der Waals surface area contributed by atoms with Crippen molar-refractivity contribution in [3.63, 3.8) is 0 Å². The average molecular weight is 415 g/mol. The molecule has 0 bridgehead atoms. The lowest BCUT2D eigenvalue weighted by atomic mass is 9.96. The maximum atomic E-state index is 13.1. The van der Waals surface area contributed by atoms with Gasteiger partial charge >= 0.3 is 0 Å². The quantitative estimate of drug-likeness (QED) is 0.760. The molecule has 2 aromatic rings. The molecule has 2 aromatic carbocycles. The van der Waals surface area contributed by atoms with Crippen molar-refractivity contribution < 1.29 is 13.2 Å². The van der Waals surface area contributed by atoms with E-state index in [1.165, 1.54) is 9.87 Å². The average Bonchev–Trinajstić information content (AvgIpc) is 2.70. The molecule has 0 N–H and O–H groups in total. The Hall–Kier alpha value is -2.18. The molecule has 0 unspecified atom stereocenters. The zero-order valence-corrected chi connectivity index (χ0v) is 18.7. The zero-order chi connectivity index (χ0) is 21.3. The minimum Gasteiger partial charge on any atom is -0.315 e. The number of hydrogen-bond acceptors (Lipinski definition) is 3. The summed E-state index contributed by atoms with van der Waals surface area (Å²) in [4.78, 5) is 15.0. The fourth-order valence-electron chi connectivity index (χ4n) is 3.80. The van der Waals surface area contributed by atoms with E-state index in [-0.39, 0.29) is 11.8 Å².